The van der Waals surface area contributed by atoms with Gasteiger partial charge in [-0.1, -0.05) is 19.8 Å². The van der Waals surface area contributed by atoms with Gasteiger partial charge in [-0.15, -0.1) is 0 Å². The van der Waals surface area contributed by atoms with Crippen molar-refractivity contribution in [3.8, 4) is 0 Å². The van der Waals surface area contributed by atoms with Crippen molar-refractivity contribution in [2.45, 2.75) is 51.9 Å². The summed E-state index contributed by atoms with van der Waals surface area (Å²) in [5.74, 6) is 1.64. The van der Waals surface area contributed by atoms with Gasteiger partial charge in [0.05, 0.1) is 0 Å². The summed E-state index contributed by atoms with van der Waals surface area (Å²) in [7, 11) is 1.72. The van der Waals surface area contributed by atoms with E-state index >= 15 is 0 Å². The lowest BCUT2D eigenvalue weighted by Crippen LogP contribution is -2.25. The van der Waals surface area contributed by atoms with Crippen molar-refractivity contribution in [1.29, 1.82) is 0 Å². The molecule has 0 aromatic carbocycles. The average Bonchev–Trinajstić information content (AvgIpc) is 2.23. The van der Waals surface area contributed by atoms with E-state index in [2.05, 4.69) is 6.92 Å². The summed E-state index contributed by atoms with van der Waals surface area (Å²) in [4.78, 5) is 11.7. The zero-order valence-electron chi connectivity index (χ0n) is 10.1. The Kier molecular flexibility index (Phi) is 5.92. The van der Waals surface area contributed by atoms with Crippen LogP contribution in [0.25, 0.3) is 0 Å². The van der Waals surface area contributed by atoms with Gasteiger partial charge in [0.2, 0.25) is 0 Å². The maximum atomic E-state index is 11.7. The molecule has 0 N–H and O–H groups in total. The van der Waals surface area contributed by atoms with Crippen molar-refractivity contribution in [2.75, 3.05) is 13.7 Å². The molecule has 2 unspecified atom stereocenters. The van der Waals surface area contributed by atoms with Crippen LogP contribution in [0.4, 0.5) is 0 Å². The highest BCUT2D eigenvalue weighted by atomic mass is 16.5. The lowest BCUT2D eigenvalue weighted by molar-refractivity contribution is -0.126. The Morgan fingerprint density at radius 2 is 2.20 bits per heavy atom. The maximum absolute atomic E-state index is 11.7. The lowest BCUT2D eigenvalue weighted by atomic mass is 9.77. The molecule has 0 amide bonds. The minimum Gasteiger partial charge on any atom is -0.385 e. The molecule has 1 aliphatic rings. The number of Topliss-reactive ketones (excluding diaryl/α,β-unsaturated/α-hetero) is 1. The number of ketones is 1. The smallest absolute Gasteiger partial charge is 0.135 e. The van der Waals surface area contributed by atoms with Crippen LogP contribution in [0, 0.1) is 11.8 Å². The van der Waals surface area contributed by atoms with Crippen LogP contribution in [0.3, 0.4) is 0 Å². The third-order valence-corrected chi connectivity index (χ3v) is 3.47. The molecule has 88 valence electrons. The molecule has 2 atom stereocenters. The molecule has 0 saturated heterocycles. The van der Waals surface area contributed by atoms with Crippen LogP contribution >= 0.6 is 0 Å². The highest BCUT2D eigenvalue weighted by molar-refractivity contribution is 5.81. The van der Waals surface area contributed by atoms with Gasteiger partial charge in [-0.25, -0.2) is 0 Å². The Bertz CT molecular complexity index is 189. The van der Waals surface area contributed by atoms with Gasteiger partial charge in [0.15, 0.2) is 0 Å². The number of hydrogen-bond acceptors (Lipinski definition) is 2. The maximum Gasteiger partial charge on any atom is 0.135 e. The van der Waals surface area contributed by atoms with E-state index in [1.54, 1.807) is 7.11 Å². The van der Waals surface area contributed by atoms with Gasteiger partial charge in [-0.2, -0.15) is 0 Å². The van der Waals surface area contributed by atoms with E-state index in [9.17, 15) is 4.79 Å². The molecule has 2 heteroatoms. The normalized spacial score (nSPS) is 26.9. The van der Waals surface area contributed by atoms with Gasteiger partial charge in [-0.05, 0) is 31.6 Å². The standard InChI is InChI=1S/C13H24O2/c1-3-5-11-7-8-13(14)12(10-11)6-4-9-15-2/h11-12H,3-10H2,1-2H3. The predicted octanol–water partition coefficient (Wildman–Crippen LogP) is 3.20. The number of hydrogen-bond donors (Lipinski definition) is 0. The number of carbonyl (C=O) groups is 1. The van der Waals surface area contributed by atoms with E-state index < -0.39 is 0 Å². The molecule has 0 aromatic heterocycles. The predicted molar refractivity (Wildman–Crippen MR) is 61.9 cm³/mol. The zero-order chi connectivity index (χ0) is 11.1. The molecule has 1 saturated carbocycles. The van der Waals surface area contributed by atoms with Gasteiger partial charge >= 0.3 is 0 Å². The number of rotatable bonds is 6. The first kappa shape index (κ1) is 12.7. The summed E-state index contributed by atoms with van der Waals surface area (Å²) in [6, 6.07) is 0. The van der Waals surface area contributed by atoms with Crippen molar-refractivity contribution in [2.24, 2.45) is 11.8 Å². The highest BCUT2D eigenvalue weighted by Crippen LogP contribution is 2.31. The molecule has 0 radical (unpaired) electrons. The Hall–Kier alpha value is -0.370. The fourth-order valence-corrected chi connectivity index (χ4v) is 2.63. The van der Waals surface area contributed by atoms with E-state index in [0.29, 0.717) is 11.7 Å². The first-order valence-electron chi connectivity index (χ1n) is 6.29. The topological polar surface area (TPSA) is 26.3 Å². The molecule has 1 aliphatic carbocycles. The van der Waals surface area contributed by atoms with Crippen LogP contribution in [0.5, 0.6) is 0 Å². The second kappa shape index (κ2) is 7.00. The fourth-order valence-electron chi connectivity index (χ4n) is 2.63. The second-order valence-electron chi connectivity index (χ2n) is 4.73. The molecule has 0 spiro atoms. The first-order chi connectivity index (χ1) is 7.27. The van der Waals surface area contributed by atoms with Crippen LogP contribution in [0.2, 0.25) is 0 Å². The summed E-state index contributed by atoms with van der Waals surface area (Å²) in [5.41, 5.74) is 0. The fraction of sp³-hybridized carbons (Fsp3) is 0.923. The summed E-state index contributed by atoms with van der Waals surface area (Å²) < 4.78 is 5.03. The highest BCUT2D eigenvalue weighted by Gasteiger charge is 2.27. The van der Waals surface area contributed by atoms with Crippen LogP contribution in [0.1, 0.15) is 51.9 Å². The summed E-state index contributed by atoms with van der Waals surface area (Å²) in [6.45, 7) is 3.03. The SMILES string of the molecule is CCCC1CCC(=O)C(CCCOC)C1. The van der Waals surface area contributed by atoms with Crippen LogP contribution < -0.4 is 0 Å². The first-order valence-corrected chi connectivity index (χ1v) is 6.29. The Labute approximate surface area is 93.4 Å². The van der Waals surface area contributed by atoms with E-state index in [1.807, 2.05) is 0 Å². The minimum absolute atomic E-state index is 0.338. The molecule has 0 aliphatic heterocycles. The Morgan fingerprint density at radius 3 is 2.87 bits per heavy atom. The molecular weight excluding hydrogens is 188 g/mol. The quantitative estimate of drug-likeness (QED) is 0.632. The van der Waals surface area contributed by atoms with Gasteiger partial charge in [0.25, 0.3) is 0 Å². The van der Waals surface area contributed by atoms with Crippen molar-refractivity contribution < 1.29 is 9.53 Å². The van der Waals surface area contributed by atoms with Gasteiger partial charge < -0.3 is 4.74 Å². The molecular formula is C13H24O2. The largest absolute Gasteiger partial charge is 0.385 e. The molecule has 0 aromatic rings. The third kappa shape index (κ3) is 4.33. The zero-order valence-corrected chi connectivity index (χ0v) is 10.1. The summed E-state index contributed by atoms with van der Waals surface area (Å²) >= 11 is 0. The number of methoxy groups -OCH3 is 1. The van der Waals surface area contributed by atoms with E-state index in [4.69, 9.17) is 4.74 Å². The molecule has 2 nitrogen and oxygen atoms in total. The summed E-state index contributed by atoms with van der Waals surface area (Å²) in [6.07, 6.45) is 7.71. The Morgan fingerprint density at radius 1 is 1.40 bits per heavy atom. The lowest BCUT2D eigenvalue weighted by Gasteiger charge is -2.27. The minimum atomic E-state index is 0.338. The van der Waals surface area contributed by atoms with E-state index in [0.717, 1.165) is 44.6 Å². The molecule has 0 heterocycles. The molecule has 1 fully saturated rings. The van der Waals surface area contributed by atoms with Gasteiger partial charge in [0.1, 0.15) is 5.78 Å². The average molecular weight is 212 g/mol. The molecule has 0 bridgehead atoms. The summed E-state index contributed by atoms with van der Waals surface area (Å²) in [5, 5.41) is 0. The van der Waals surface area contributed by atoms with Crippen LogP contribution in [0.15, 0.2) is 0 Å². The van der Waals surface area contributed by atoms with Crippen molar-refractivity contribution >= 4 is 5.78 Å². The van der Waals surface area contributed by atoms with E-state index in [1.165, 1.54) is 12.8 Å². The monoisotopic (exact) mass is 212 g/mol. The van der Waals surface area contributed by atoms with Crippen LogP contribution in [-0.4, -0.2) is 19.5 Å². The molecule has 15 heavy (non-hydrogen) atoms. The van der Waals surface area contributed by atoms with Crippen molar-refractivity contribution in [1.82, 2.24) is 0 Å². The number of carbonyl (C=O) groups excluding carboxylic acids is 1. The van der Waals surface area contributed by atoms with Gasteiger partial charge in [0, 0.05) is 26.1 Å². The van der Waals surface area contributed by atoms with Crippen LogP contribution in [-0.2, 0) is 9.53 Å². The Balaban J connectivity index is 2.29. The second-order valence-corrected chi connectivity index (χ2v) is 4.73. The molecule has 1 rings (SSSR count). The van der Waals surface area contributed by atoms with Crippen molar-refractivity contribution in [3.63, 3.8) is 0 Å². The third-order valence-electron chi connectivity index (χ3n) is 3.47. The van der Waals surface area contributed by atoms with Gasteiger partial charge in [-0.3, -0.25) is 4.79 Å². The number of ether oxygens (including phenoxy) is 1. The van der Waals surface area contributed by atoms with Crippen molar-refractivity contribution in [3.05, 3.63) is 0 Å². The van der Waals surface area contributed by atoms with E-state index in [-0.39, 0.29) is 0 Å².